The summed E-state index contributed by atoms with van der Waals surface area (Å²) in [6.45, 7) is 4.03. The molecule has 0 radical (unpaired) electrons. The molecule has 1 aromatic carbocycles. The van der Waals surface area contributed by atoms with Gasteiger partial charge in [0.05, 0.1) is 6.61 Å². The predicted octanol–water partition coefficient (Wildman–Crippen LogP) is 3.57. The van der Waals surface area contributed by atoms with Crippen LogP contribution in [0.4, 0.5) is 4.79 Å². The van der Waals surface area contributed by atoms with E-state index in [1.807, 2.05) is 18.2 Å². The molecule has 2 bridgehead atoms. The highest BCUT2D eigenvalue weighted by Crippen LogP contribution is 2.40. The van der Waals surface area contributed by atoms with Crippen LogP contribution >= 0.6 is 11.8 Å². The number of rotatable bonds is 4. The number of ether oxygens (including phenoxy) is 1. The molecule has 4 nitrogen and oxygen atoms in total. The van der Waals surface area contributed by atoms with Crippen molar-refractivity contribution in [2.75, 3.05) is 32.0 Å². The average Bonchev–Trinajstić information content (AvgIpc) is 3.10. The third-order valence-corrected chi connectivity index (χ3v) is 6.63. The van der Waals surface area contributed by atoms with Gasteiger partial charge in [-0.25, -0.2) is 4.79 Å². The smallest absolute Gasteiger partial charge is 0.411 e. The zero-order chi connectivity index (χ0) is 16.4. The minimum absolute atomic E-state index is 0.226. The topological polar surface area (TPSA) is 41.6 Å². The van der Waals surface area contributed by atoms with Crippen LogP contribution in [0.5, 0.6) is 0 Å². The largest absolute Gasteiger partial charge is 0.449 e. The molecule has 5 heteroatoms. The monoisotopic (exact) mass is 344 g/mol. The van der Waals surface area contributed by atoms with E-state index in [2.05, 4.69) is 27.8 Å². The minimum Gasteiger partial charge on any atom is -0.449 e. The van der Waals surface area contributed by atoms with Crippen LogP contribution in [0.15, 0.2) is 41.4 Å². The molecule has 1 aromatic rings. The minimum atomic E-state index is -0.299. The SMILES string of the molecule is O=C(NC1=CSCC1c1ccccc1)OCC12CCN(CC1)CC2. The molecular weight excluding hydrogens is 320 g/mol. The van der Waals surface area contributed by atoms with Gasteiger partial charge in [0.2, 0.25) is 0 Å². The first-order chi connectivity index (χ1) is 11.7. The highest BCUT2D eigenvalue weighted by Gasteiger charge is 2.40. The lowest BCUT2D eigenvalue weighted by molar-refractivity contribution is -0.0210. The molecule has 5 rings (SSSR count). The fraction of sp³-hybridized carbons (Fsp3) is 0.526. The van der Waals surface area contributed by atoms with Crippen LogP contribution in [0, 0.1) is 5.41 Å². The summed E-state index contributed by atoms with van der Waals surface area (Å²) in [7, 11) is 0. The van der Waals surface area contributed by atoms with Crippen molar-refractivity contribution in [1.29, 1.82) is 0 Å². The molecular formula is C19H24N2O2S. The van der Waals surface area contributed by atoms with Crippen LogP contribution in [0.2, 0.25) is 0 Å². The van der Waals surface area contributed by atoms with Gasteiger partial charge in [-0.05, 0) is 49.9 Å². The average molecular weight is 344 g/mol. The van der Waals surface area contributed by atoms with Gasteiger partial charge >= 0.3 is 6.09 Å². The van der Waals surface area contributed by atoms with Crippen LogP contribution in [-0.2, 0) is 4.74 Å². The number of amides is 1. The predicted molar refractivity (Wildman–Crippen MR) is 96.9 cm³/mol. The van der Waals surface area contributed by atoms with Crippen LogP contribution in [-0.4, -0.2) is 43.0 Å². The molecule has 1 amide bonds. The van der Waals surface area contributed by atoms with Crippen molar-refractivity contribution in [2.24, 2.45) is 5.41 Å². The molecule has 0 saturated carbocycles. The van der Waals surface area contributed by atoms with Gasteiger partial charge in [-0.2, -0.15) is 0 Å². The molecule has 0 spiro atoms. The Labute approximate surface area is 147 Å². The number of nitrogens with zero attached hydrogens (tertiary/aromatic N) is 1. The van der Waals surface area contributed by atoms with Gasteiger partial charge in [0.1, 0.15) is 0 Å². The number of nitrogens with one attached hydrogen (secondary N) is 1. The molecule has 128 valence electrons. The van der Waals surface area contributed by atoms with E-state index < -0.39 is 0 Å². The van der Waals surface area contributed by atoms with E-state index in [-0.39, 0.29) is 17.4 Å². The van der Waals surface area contributed by atoms with E-state index in [1.54, 1.807) is 11.8 Å². The molecule has 4 aliphatic heterocycles. The highest BCUT2D eigenvalue weighted by atomic mass is 32.2. The lowest BCUT2D eigenvalue weighted by Gasteiger charge is -2.47. The first-order valence-corrected chi connectivity index (χ1v) is 9.82. The molecule has 0 aliphatic carbocycles. The summed E-state index contributed by atoms with van der Waals surface area (Å²) in [4.78, 5) is 14.8. The van der Waals surface area contributed by atoms with Crippen molar-refractivity contribution in [2.45, 2.75) is 25.2 Å². The van der Waals surface area contributed by atoms with Crippen molar-refractivity contribution in [3.05, 3.63) is 47.0 Å². The van der Waals surface area contributed by atoms with Crippen molar-refractivity contribution in [3.8, 4) is 0 Å². The molecule has 0 aromatic heterocycles. The van der Waals surface area contributed by atoms with E-state index in [0.717, 1.165) is 50.3 Å². The standard InChI is InChI=1S/C19H24N2O2S/c22-18(23-14-19-6-9-21(10-7-19)11-8-19)20-17-13-24-12-16(17)15-4-2-1-3-5-15/h1-5,13,16H,6-12,14H2,(H,20,22). The van der Waals surface area contributed by atoms with E-state index in [0.29, 0.717) is 6.61 Å². The fourth-order valence-electron chi connectivity index (χ4n) is 3.97. The van der Waals surface area contributed by atoms with Gasteiger partial charge < -0.3 is 9.64 Å². The Hall–Kier alpha value is -1.46. The molecule has 1 N–H and O–H groups in total. The Morgan fingerprint density at radius 1 is 1.21 bits per heavy atom. The number of allylic oxidation sites excluding steroid dienone is 1. The number of hydrogen-bond acceptors (Lipinski definition) is 4. The molecule has 3 saturated heterocycles. The number of carbonyl (C=O) groups is 1. The van der Waals surface area contributed by atoms with Crippen molar-refractivity contribution in [3.63, 3.8) is 0 Å². The maximum atomic E-state index is 12.3. The van der Waals surface area contributed by atoms with Gasteiger partial charge in [-0.15, -0.1) is 11.8 Å². The summed E-state index contributed by atoms with van der Waals surface area (Å²) in [5.41, 5.74) is 2.43. The molecule has 4 aliphatic rings. The Balaban J connectivity index is 1.32. The number of carbonyl (C=O) groups excluding carboxylic acids is 1. The zero-order valence-corrected chi connectivity index (χ0v) is 14.7. The van der Waals surface area contributed by atoms with Crippen LogP contribution in [0.3, 0.4) is 0 Å². The Morgan fingerprint density at radius 3 is 2.62 bits per heavy atom. The second kappa shape index (κ2) is 6.81. The number of piperidine rings is 3. The second-order valence-corrected chi connectivity index (χ2v) is 8.06. The summed E-state index contributed by atoms with van der Waals surface area (Å²) < 4.78 is 5.63. The van der Waals surface area contributed by atoms with Crippen LogP contribution < -0.4 is 5.32 Å². The third-order valence-electron chi connectivity index (χ3n) is 5.68. The lowest BCUT2D eigenvalue weighted by Crippen LogP contribution is -2.50. The van der Waals surface area contributed by atoms with Gasteiger partial charge in [0.25, 0.3) is 0 Å². The number of benzene rings is 1. The Bertz CT molecular complexity index is 610. The highest BCUT2D eigenvalue weighted by molar-refractivity contribution is 8.02. The first-order valence-electron chi connectivity index (χ1n) is 8.77. The second-order valence-electron chi connectivity index (χ2n) is 7.16. The maximum Gasteiger partial charge on any atom is 0.411 e. The van der Waals surface area contributed by atoms with Gasteiger partial charge in [0.15, 0.2) is 0 Å². The Morgan fingerprint density at radius 2 is 1.92 bits per heavy atom. The van der Waals surface area contributed by atoms with Gasteiger partial charge in [-0.1, -0.05) is 30.3 Å². The molecule has 4 heterocycles. The van der Waals surface area contributed by atoms with E-state index in [1.165, 1.54) is 5.56 Å². The van der Waals surface area contributed by atoms with Gasteiger partial charge in [-0.3, -0.25) is 5.32 Å². The van der Waals surface area contributed by atoms with E-state index in [9.17, 15) is 4.79 Å². The maximum absolute atomic E-state index is 12.3. The van der Waals surface area contributed by atoms with E-state index in [4.69, 9.17) is 4.74 Å². The molecule has 1 unspecified atom stereocenters. The molecule has 24 heavy (non-hydrogen) atoms. The summed E-state index contributed by atoms with van der Waals surface area (Å²) in [6.07, 6.45) is 3.18. The lowest BCUT2D eigenvalue weighted by atomic mass is 9.73. The van der Waals surface area contributed by atoms with E-state index >= 15 is 0 Å². The number of hydrogen-bond donors (Lipinski definition) is 1. The summed E-state index contributed by atoms with van der Waals surface area (Å²) >= 11 is 1.75. The van der Waals surface area contributed by atoms with Crippen molar-refractivity contribution in [1.82, 2.24) is 10.2 Å². The number of alkyl carbamates (subject to hydrolysis) is 1. The van der Waals surface area contributed by atoms with Crippen molar-refractivity contribution >= 4 is 17.9 Å². The zero-order valence-electron chi connectivity index (χ0n) is 13.9. The normalized spacial score (nSPS) is 31.6. The third kappa shape index (κ3) is 3.33. The van der Waals surface area contributed by atoms with Gasteiger partial charge in [0, 0.05) is 22.8 Å². The fourth-order valence-corrected chi connectivity index (χ4v) is 5.03. The van der Waals surface area contributed by atoms with Crippen LogP contribution in [0.25, 0.3) is 0 Å². The Kier molecular flexibility index (Phi) is 4.55. The van der Waals surface area contributed by atoms with Crippen molar-refractivity contribution < 1.29 is 9.53 Å². The van der Waals surface area contributed by atoms with Crippen LogP contribution in [0.1, 0.15) is 30.7 Å². The summed E-state index contributed by atoms with van der Waals surface area (Å²) in [5.74, 6) is 1.22. The molecule has 1 atom stereocenters. The molecule has 3 fully saturated rings. The first kappa shape index (κ1) is 16.0. The quantitative estimate of drug-likeness (QED) is 0.907. The number of thioether (sulfide) groups is 1. The summed E-state index contributed by atoms with van der Waals surface area (Å²) in [6, 6.07) is 10.3. The number of fused-ring (bicyclic) bond motifs is 3. The summed E-state index contributed by atoms with van der Waals surface area (Å²) in [5, 5.41) is 5.04.